The number of nitrogens with one attached hydrogen (secondary N) is 1. The van der Waals surface area contributed by atoms with Crippen molar-refractivity contribution in [3.05, 3.63) is 0 Å². The van der Waals surface area contributed by atoms with E-state index in [-0.39, 0.29) is 5.92 Å². The number of hydrogen-bond acceptors (Lipinski definition) is 2. The van der Waals surface area contributed by atoms with E-state index in [1.807, 2.05) is 0 Å². The summed E-state index contributed by atoms with van der Waals surface area (Å²) < 4.78 is 0. The van der Waals surface area contributed by atoms with E-state index >= 15 is 0 Å². The minimum atomic E-state index is 0.195. The molecule has 5 aliphatic carbocycles. The lowest BCUT2D eigenvalue weighted by Gasteiger charge is -2.54. The Labute approximate surface area is 128 Å². The number of amides is 1. The fourth-order valence-electron chi connectivity index (χ4n) is 6.27. The molecule has 3 nitrogen and oxygen atoms in total. The van der Waals surface area contributed by atoms with Crippen molar-refractivity contribution in [3.8, 4) is 0 Å². The SMILES string of the molecule is NCC1CCCCC1C(=O)NC1C2CC3CC(C2)CC1C3. The molecule has 0 spiro atoms. The van der Waals surface area contributed by atoms with E-state index in [1.165, 1.54) is 44.9 Å². The monoisotopic (exact) mass is 290 g/mol. The quantitative estimate of drug-likeness (QED) is 0.839. The zero-order valence-electron chi connectivity index (χ0n) is 13.1. The Kier molecular flexibility index (Phi) is 3.72. The summed E-state index contributed by atoms with van der Waals surface area (Å²) >= 11 is 0. The fraction of sp³-hybridized carbons (Fsp3) is 0.944. The van der Waals surface area contributed by atoms with E-state index in [9.17, 15) is 4.79 Å². The first-order valence-corrected chi connectivity index (χ1v) is 9.25. The lowest BCUT2D eigenvalue weighted by molar-refractivity contribution is -0.131. The summed E-state index contributed by atoms with van der Waals surface area (Å²) in [5, 5.41) is 3.50. The highest BCUT2D eigenvalue weighted by atomic mass is 16.2. The van der Waals surface area contributed by atoms with Crippen LogP contribution in [-0.2, 0) is 4.79 Å². The third kappa shape index (κ3) is 2.52. The Bertz CT molecular complexity index is 380. The smallest absolute Gasteiger partial charge is 0.223 e. The maximum Gasteiger partial charge on any atom is 0.223 e. The van der Waals surface area contributed by atoms with Crippen molar-refractivity contribution in [2.45, 2.75) is 63.8 Å². The zero-order valence-corrected chi connectivity index (χ0v) is 13.1. The molecule has 4 bridgehead atoms. The molecule has 3 N–H and O–H groups in total. The molecule has 2 unspecified atom stereocenters. The summed E-state index contributed by atoms with van der Waals surface area (Å²) in [5.41, 5.74) is 5.90. The van der Waals surface area contributed by atoms with Crippen molar-refractivity contribution in [2.24, 2.45) is 41.2 Å². The first-order chi connectivity index (χ1) is 10.2. The maximum absolute atomic E-state index is 12.8. The molecule has 5 rings (SSSR count). The molecule has 5 saturated carbocycles. The van der Waals surface area contributed by atoms with Gasteiger partial charge >= 0.3 is 0 Å². The van der Waals surface area contributed by atoms with E-state index < -0.39 is 0 Å². The Morgan fingerprint density at radius 1 is 0.952 bits per heavy atom. The van der Waals surface area contributed by atoms with Gasteiger partial charge in [-0.05, 0) is 81.1 Å². The van der Waals surface area contributed by atoms with Crippen molar-refractivity contribution in [3.63, 3.8) is 0 Å². The van der Waals surface area contributed by atoms with Gasteiger partial charge < -0.3 is 11.1 Å². The molecule has 5 aliphatic rings. The van der Waals surface area contributed by atoms with Crippen molar-refractivity contribution in [1.82, 2.24) is 5.32 Å². The largest absolute Gasteiger partial charge is 0.353 e. The second-order valence-electron chi connectivity index (χ2n) is 8.35. The molecule has 0 aromatic rings. The van der Waals surface area contributed by atoms with Gasteiger partial charge in [-0.3, -0.25) is 4.79 Å². The van der Waals surface area contributed by atoms with Gasteiger partial charge in [-0.1, -0.05) is 12.8 Å². The molecule has 0 heterocycles. The summed E-state index contributed by atoms with van der Waals surface area (Å²) in [4.78, 5) is 12.8. The average Bonchev–Trinajstić information content (AvgIpc) is 2.50. The van der Waals surface area contributed by atoms with Crippen molar-refractivity contribution < 1.29 is 4.79 Å². The number of carbonyl (C=O) groups excluding carboxylic acids is 1. The molecule has 21 heavy (non-hydrogen) atoms. The number of carbonyl (C=O) groups is 1. The molecule has 5 fully saturated rings. The van der Waals surface area contributed by atoms with Crippen LogP contribution < -0.4 is 11.1 Å². The molecule has 1 amide bonds. The Balaban J connectivity index is 1.42. The van der Waals surface area contributed by atoms with Crippen LogP contribution in [0.5, 0.6) is 0 Å². The van der Waals surface area contributed by atoms with E-state index in [4.69, 9.17) is 5.73 Å². The highest BCUT2D eigenvalue weighted by Crippen LogP contribution is 2.53. The summed E-state index contributed by atoms with van der Waals surface area (Å²) in [7, 11) is 0. The molecule has 0 radical (unpaired) electrons. The van der Waals surface area contributed by atoms with Gasteiger partial charge in [0.2, 0.25) is 5.91 Å². The number of rotatable bonds is 3. The zero-order chi connectivity index (χ0) is 14.4. The van der Waals surface area contributed by atoms with E-state index in [2.05, 4.69) is 5.32 Å². The molecule has 0 aliphatic heterocycles. The fourth-order valence-corrected chi connectivity index (χ4v) is 6.27. The van der Waals surface area contributed by atoms with Gasteiger partial charge in [0.25, 0.3) is 0 Å². The Hall–Kier alpha value is -0.570. The summed E-state index contributed by atoms with van der Waals surface area (Å²) in [6, 6.07) is 0.491. The second-order valence-corrected chi connectivity index (χ2v) is 8.35. The van der Waals surface area contributed by atoms with Gasteiger partial charge in [0.05, 0.1) is 0 Å². The van der Waals surface area contributed by atoms with Crippen LogP contribution in [0, 0.1) is 35.5 Å². The molecule has 2 atom stereocenters. The molecule has 118 valence electrons. The lowest BCUT2D eigenvalue weighted by atomic mass is 9.54. The van der Waals surface area contributed by atoms with Crippen LogP contribution in [0.25, 0.3) is 0 Å². The summed E-state index contributed by atoms with van der Waals surface area (Å²) in [6.45, 7) is 0.680. The van der Waals surface area contributed by atoms with Crippen LogP contribution >= 0.6 is 0 Å². The van der Waals surface area contributed by atoms with Gasteiger partial charge in [-0.2, -0.15) is 0 Å². The Morgan fingerprint density at radius 2 is 1.57 bits per heavy atom. The van der Waals surface area contributed by atoms with Crippen molar-refractivity contribution in [2.75, 3.05) is 6.54 Å². The van der Waals surface area contributed by atoms with E-state index in [0.29, 0.717) is 24.4 Å². The van der Waals surface area contributed by atoms with Crippen LogP contribution in [0.4, 0.5) is 0 Å². The molecule has 0 aromatic heterocycles. The van der Waals surface area contributed by atoms with Crippen LogP contribution in [0.3, 0.4) is 0 Å². The van der Waals surface area contributed by atoms with Gasteiger partial charge in [0.1, 0.15) is 0 Å². The second kappa shape index (κ2) is 5.57. The lowest BCUT2D eigenvalue weighted by Crippen LogP contribution is -2.57. The normalized spacial score (nSPS) is 48.3. The summed E-state index contributed by atoms with van der Waals surface area (Å²) in [5.74, 6) is 4.48. The standard InChI is InChI=1S/C18H30N2O/c19-10-13-3-1-2-4-16(13)18(21)20-17-14-6-11-5-12(8-14)9-15(17)7-11/h11-17H,1-10,19H2,(H,20,21). The maximum atomic E-state index is 12.8. The summed E-state index contributed by atoms with van der Waals surface area (Å²) in [6.07, 6.45) is 11.7. The van der Waals surface area contributed by atoms with Crippen LogP contribution in [0.1, 0.15) is 57.8 Å². The number of hydrogen-bond donors (Lipinski definition) is 2. The van der Waals surface area contributed by atoms with E-state index in [1.54, 1.807) is 0 Å². The first kappa shape index (κ1) is 14.0. The topological polar surface area (TPSA) is 55.1 Å². The van der Waals surface area contributed by atoms with Gasteiger partial charge in [-0.15, -0.1) is 0 Å². The highest BCUT2D eigenvalue weighted by Gasteiger charge is 2.49. The predicted molar refractivity (Wildman–Crippen MR) is 83.5 cm³/mol. The minimum absolute atomic E-state index is 0.195. The highest BCUT2D eigenvalue weighted by molar-refractivity contribution is 5.79. The molecule has 0 saturated heterocycles. The molecule has 3 heteroatoms. The van der Waals surface area contributed by atoms with Crippen LogP contribution in [0.15, 0.2) is 0 Å². The third-order valence-electron chi connectivity index (χ3n) is 7.08. The molecule has 0 aromatic carbocycles. The predicted octanol–water partition coefficient (Wildman–Crippen LogP) is 2.69. The molecular formula is C18H30N2O. The van der Waals surface area contributed by atoms with Crippen LogP contribution in [0.2, 0.25) is 0 Å². The first-order valence-electron chi connectivity index (χ1n) is 9.25. The average molecular weight is 290 g/mol. The number of nitrogens with two attached hydrogens (primary N) is 1. The van der Waals surface area contributed by atoms with Crippen LogP contribution in [-0.4, -0.2) is 18.5 Å². The van der Waals surface area contributed by atoms with E-state index in [0.717, 1.165) is 36.5 Å². The van der Waals surface area contributed by atoms with Crippen molar-refractivity contribution >= 4 is 5.91 Å². The van der Waals surface area contributed by atoms with Gasteiger partial charge in [0.15, 0.2) is 0 Å². The Morgan fingerprint density at radius 3 is 2.19 bits per heavy atom. The third-order valence-corrected chi connectivity index (χ3v) is 7.08. The van der Waals surface area contributed by atoms with Crippen molar-refractivity contribution in [1.29, 1.82) is 0 Å². The van der Waals surface area contributed by atoms with Gasteiger partial charge in [0, 0.05) is 12.0 Å². The molecular weight excluding hydrogens is 260 g/mol. The minimum Gasteiger partial charge on any atom is -0.353 e. The van der Waals surface area contributed by atoms with Gasteiger partial charge in [-0.25, -0.2) is 0 Å².